The Morgan fingerprint density at radius 3 is 2.61 bits per heavy atom. The molecule has 0 spiro atoms. The Morgan fingerprint density at radius 2 is 1.96 bits per heavy atom. The second-order valence-electron chi connectivity index (χ2n) is 4.58. The van der Waals surface area contributed by atoms with E-state index >= 15 is 0 Å². The van der Waals surface area contributed by atoms with Crippen LogP contribution in [0.5, 0.6) is 0 Å². The monoisotopic (exact) mass is 317 g/mol. The lowest BCUT2D eigenvalue weighted by Crippen LogP contribution is -2.32. The first kappa shape index (κ1) is 16.2. The normalized spacial score (nSPS) is 9.96. The zero-order valence-corrected chi connectivity index (χ0v) is 12.4. The van der Waals surface area contributed by atoms with E-state index in [4.69, 9.17) is 9.26 Å². The molecule has 1 heterocycles. The number of rotatable bonds is 6. The molecule has 2 amide bonds. The summed E-state index contributed by atoms with van der Waals surface area (Å²) in [6, 6.07) is 9.97. The summed E-state index contributed by atoms with van der Waals surface area (Å²) in [6.45, 7) is 0.869. The van der Waals surface area contributed by atoms with Crippen LogP contribution in [0.25, 0.3) is 0 Å². The van der Waals surface area contributed by atoms with Crippen molar-refractivity contribution < 1.29 is 23.6 Å². The maximum Gasteiger partial charge on any atom is 0.325 e. The smallest absolute Gasteiger partial charge is 0.325 e. The van der Waals surface area contributed by atoms with Crippen LogP contribution in [0.3, 0.4) is 0 Å². The van der Waals surface area contributed by atoms with Crippen LogP contribution in [0.4, 0.5) is 5.82 Å². The second-order valence-corrected chi connectivity index (χ2v) is 4.58. The summed E-state index contributed by atoms with van der Waals surface area (Å²) in [7, 11) is 0. The Kier molecular flexibility index (Phi) is 5.45. The van der Waals surface area contributed by atoms with E-state index in [-0.39, 0.29) is 12.4 Å². The second kappa shape index (κ2) is 7.74. The molecule has 0 bridgehead atoms. The van der Waals surface area contributed by atoms with Crippen LogP contribution in [-0.4, -0.2) is 36.1 Å². The SMILES string of the molecule is Cc1cc(NC(=O)COC(=O)CNC(=O)c2ccccc2)no1. The Bertz CT molecular complexity index is 696. The minimum Gasteiger partial charge on any atom is -0.454 e. The number of hydrogen-bond acceptors (Lipinski definition) is 6. The third kappa shape index (κ3) is 5.27. The van der Waals surface area contributed by atoms with Gasteiger partial charge in [0, 0.05) is 11.6 Å². The van der Waals surface area contributed by atoms with Crippen LogP contribution >= 0.6 is 0 Å². The number of aryl methyl sites for hydroxylation is 1. The summed E-state index contributed by atoms with van der Waals surface area (Å²) >= 11 is 0. The summed E-state index contributed by atoms with van der Waals surface area (Å²) in [5, 5.41) is 8.37. The lowest BCUT2D eigenvalue weighted by molar-refractivity contribution is -0.146. The maximum atomic E-state index is 11.7. The van der Waals surface area contributed by atoms with E-state index in [9.17, 15) is 14.4 Å². The van der Waals surface area contributed by atoms with Gasteiger partial charge in [-0.05, 0) is 19.1 Å². The highest BCUT2D eigenvalue weighted by Crippen LogP contribution is 2.06. The molecule has 0 aliphatic heterocycles. The molecule has 0 aliphatic rings. The van der Waals surface area contributed by atoms with Gasteiger partial charge in [-0.3, -0.25) is 14.4 Å². The summed E-state index contributed by atoms with van der Waals surface area (Å²) in [4.78, 5) is 34.7. The molecular formula is C15H15N3O5. The first-order valence-electron chi connectivity index (χ1n) is 6.76. The standard InChI is InChI=1S/C15H15N3O5/c1-10-7-12(18-23-10)17-13(19)9-22-14(20)8-16-15(21)11-5-3-2-4-6-11/h2-7H,8-9H2,1H3,(H,16,21)(H,17,18,19). The van der Waals surface area contributed by atoms with E-state index in [1.165, 1.54) is 6.07 Å². The Balaban J connectivity index is 1.68. The fourth-order valence-electron chi connectivity index (χ4n) is 1.65. The Morgan fingerprint density at radius 1 is 1.22 bits per heavy atom. The van der Waals surface area contributed by atoms with Crippen LogP contribution in [-0.2, 0) is 14.3 Å². The summed E-state index contributed by atoms with van der Waals surface area (Å²) in [6.07, 6.45) is 0. The van der Waals surface area contributed by atoms with Crippen molar-refractivity contribution in [2.45, 2.75) is 6.92 Å². The van der Waals surface area contributed by atoms with E-state index in [0.717, 1.165) is 0 Å². The first-order valence-corrected chi connectivity index (χ1v) is 6.76. The van der Waals surface area contributed by atoms with Gasteiger partial charge in [-0.1, -0.05) is 23.4 Å². The highest BCUT2D eigenvalue weighted by molar-refractivity contribution is 5.96. The minimum absolute atomic E-state index is 0.237. The van der Waals surface area contributed by atoms with Gasteiger partial charge in [-0.25, -0.2) is 0 Å². The molecule has 0 saturated heterocycles. The number of benzene rings is 1. The number of carbonyl (C=O) groups excluding carboxylic acids is 3. The number of hydrogen-bond donors (Lipinski definition) is 2. The highest BCUT2D eigenvalue weighted by atomic mass is 16.5. The molecule has 0 atom stereocenters. The molecule has 0 radical (unpaired) electrons. The average molecular weight is 317 g/mol. The van der Waals surface area contributed by atoms with Crippen molar-refractivity contribution in [3.63, 3.8) is 0 Å². The van der Waals surface area contributed by atoms with Crippen molar-refractivity contribution >= 4 is 23.6 Å². The molecule has 2 aromatic rings. The molecule has 120 valence electrons. The summed E-state index contributed by atoms with van der Waals surface area (Å²) < 4.78 is 9.52. The van der Waals surface area contributed by atoms with Crippen LogP contribution in [0.15, 0.2) is 40.9 Å². The van der Waals surface area contributed by atoms with Gasteiger partial charge in [-0.2, -0.15) is 0 Å². The lowest BCUT2D eigenvalue weighted by atomic mass is 10.2. The molecule has 0 unspecified atom stereocenters. The van der Waals surface area contributed by atoms with Gasteiger partial charge in [0.2, 0.25) is 0 Å². The molecule has 1 aromatic carbocycles. The maximum absolute atomic E-state index is 11.7. The van der Waals surface area contributed by atoms with E-state index in [0.29, 0.717) is 11.3 Å². The van der Waals surface area contributed by atoms with Crippen molar-refractivity contribution in [2.75, 3.05) is 18.5 Å². The number of aromatic nitrogens is 1. The Hall–Kier alpha value is -3.16. The Labute approximate surface area is 131 Å². The molecule has 8 nitrogen and oxygen atoms in total. The van der Waals surface area contributed by atoms with Gasteiger partial charge in [0.1, 0.15) is 12.3 Å². The third-order valence-corrected chi connectivity index (χ3v) is 2.69. The molecule has 2 rings (SSSR count). The number of esters is 1. The first-order chi connectivity index (χ1) is 11.0. The largest absolute Gasteiger partial charge is 0.454 e. The van der Waals surface area contributed by atoms with Crippen molar-refractivity contribution in [2.24, 2.45) is 0 Å². The summed E-state index contributed by atoms with van der Waals surface area (Å²) in [5.41, 5.74) is 0.430. The van der Waals surface area contributed by atoms with Crippen molar-refractivity contribution in [1.82, 2.24) is 10.5 Å². The zero-order valence-electron chi connectivity index (χ0n) is 12.4. The molecule has 1 aromatic heterocycles. The lowest BCUT2D eigenvalue weighted by Gasteiger charge is -2.06. The summed E-state index contributed by atoms with van der Waals surface area (Å²) in [5.74, 6) is -0.895. The predicted molar refractivity (Wildman–Crippen MR) is 79.6 cm³/mol. The number of nitrogens with one attached hydrogen (secondary N) is 2. The highest BCUT2D eigenvalue weighted by Gasteiger charge is 2.11. The van der Waals surface area contributed by atoms with Crippen LogP contribution in [0, 0.1) is 6.92 Å². The predicted octanol–water partition coefficient (Wildman–Crippen LogP) is 0.895. The molecule has 0 aliphatic carbocycles. The van der Waals surface area contributed by atoms with Gasteiger partial charge in [0.25, 0.3) is 11.8 Å². The molecule has 2 N–H and O–H groups in total. The average Bonchev–Trinajstić information content (AvgIpc) is 2.96. The molecule has 0 fully saturated rings. The van der Waals surface area contributed by atoms with Crippen molar-refractivity contribution in [3.8, 4) is 0 Å². The number of amides is 2. The van der Waals surface area contributed by atoms with Gasteiger partial charge < -0.3 is 19.9 Å². The zero-order chi connectivity index (χ0) is 16.7. The van der Waals surface area contributed by atoms with E-state index in [1.54, 1.807) is 37.3 Å². The topological polar surface area (TPSA) is 111 Å². The van der Waals surface area contributed by atoms with Crippen LogP contribution < -0.4 is 10.6 Å². The van der Waals surface area contributed by atoms with E-state index < -0.39 is 24.4 Å². The fourth-order valence-corrected chi connectivity index (χ4v) is 1.65. The number of ether oxygens (including phenoxy) is 1. The van der Waals surface area contributed by atoms with Crippen LogP contribution in [0.1, 0.15) is 16.1 Å². The van der Waals surface area contributed by atoms with Gasteiger partial charge in [0.05, 0.1) is 0 Å². The van der Waals surface area contributed by atoms with Crippen molar-refractivity contribution in [3.05, 3.63) is 47.7 Å². The molecule has 8 heteroatoms. The number of nitrogens with zero attached hydrogens (tertiary/aromatic N) is 1. The van der Waals surface area contributed by atoms with Crippen LogP contribution in [0.2, 0.25) is 0 Å². The van der Waals surface area contributed by atoms with E-state index in [2.05, 4.69) is 15.8 Å². The quantitative estimate of drug-likeness (QED) is 0.766. The third-order valence-electron chi connectivity index (χ3n) is 2.69. The minimum atomic E-state index is -0.722. The number of carbonyl (C=O) groups is 3. The molecule has 0 saturated carbocycles. The number of anilines is 1. The van der Waals surface area contributed by atoms with Gasteiger partial charge in [0.15, 0.2) is 12.4 Å². The van der Waals surface area contributed by atoms with E-state index in [1.807, 2.05) is 0 Å². The van der Waals surface area contributed by atoms with Gasteiger partial charge >= 0.3 is 5.97 Å². The van der Waals surface area contributed by atoms with Crippen molar-refractivity contribution in [1.29, 1.82) is 0 Å². The van der Waals surface area contributed by atoms with Gasteiger partial charge in [-0.15, -0.1) is 0 Å². The molecule has 23 heavy (non-hydrogen) atoms. The fraction of sp³-hybridized carbons (Fsp3) is 0.200. The molecular weight excluding hydrogens is 302 g/mol.